The Kier molecular flexibility index (Phi) is 5.50. The third kappa shape index (κ3) is 3.97. The molecule has 0 bridgehead atoms. The number of pyridine rings is 1. The van der Waals surface area contributed by atoms with E-state index in [1.165, 1.54) is 22.8 Å². The number of aryl methyl sites for hydroxylation is 1. The van der Waals surface area contributed by atoms with Crippen LogP contribution in [0.2, 0.25) is 0 Å². The van der Waals surface area contributed by atoms with E-state index >= 15 is 0 Å². The van der Waals surface area contributed by atoms with Gasteiger partial charge in [0, 0.05) is 18.4 Å². The summed E-state index contributed by atoms with van der Waals surface area (Å²) in [5, 5.41) is 0. The first-order chi connectivity index (χ1) is 13.0. The molecule has 4 nitrogen and oxygen atoms in total. The molecule has 1 amide bonds. The van der Waals surface area contributed by atoms with Crippen LogP contribution in [0.15, 0.2) is 71.7 Å². The van der Waals surface area contributed by atoms with Crippen LogP contribution in [-0.2, 0) is 6.54 Å². The van der Waals surface area contributed by atoms with Gasteiger partial charge >= 0.3 is 0 Å². The Bertz CT molecular complexity index is 1030. The van der Waals surface area contributed by atoms with Crippen molar-refractivity contribution in [3.8, 4) is 0 Å². The lowest BCUT2D eigenvalue weighted by molar-refractivity contribution is 0.0986. The predicted molar refractivity (Wildman–Crippen MR) is 105 cm³/mol. The van der Waals surface area contributed by atoms with Gasteiger partial charge in [-0.1, -0.05) is 30.3 Å². The van der Waals surface area contributed by atoms with Crippen molar-refractivity contribution in [3.05, 3.63) is 99.7 Å². The highest BCUT2D eigenvalue weighted by molar-refractivity contribution is 6.06. The van der Waals surface area contributed by atoms with E-state index in [-0.39, 0.29) is 23.8 Å². The van der Waals surface area contributed by atoms with Gasteiger partial charge in [0.2, 0.25) is 0 Å². The molecule has 3 rings (SSSR count). The Hall–Kier alpha value is -3.21. The fourth-order valence-electron chi connectivity index (χ4n) is 3.09. The molecule has 0 aliphatic carbocycles. The van der Waals surface area contributed by atoms with E-state index in [9.17, 15) is 14.0 Å². The minimum absolute atomic E-state index is 0.0963. The molecule has 0 aliphatic heterocycles. The number of hydrogen-bond donors (Lipinski definition) is 0. The van der Waals surface area contributed by atoms with E-state index in [4.69, 9.17) is 0 Å². The minimum Gasteiger partial charge on any atom is -0.310 e. The molecule has 1 heterocycles. The standard InChI is InChI=1S/C22H21FN2O2/c1-3-25(20-12-5-4-8-16(20)2)22(27)19-11-7-13-24(21(19)26)15-17-9-6-10-18(23)14-17/h4-14H,3,15H2,1-2H3. The van der Waals surface area contributed by atoms with E-state index in [0.717, 1.165) is 11.3 Å². The lowest BCUT2D eigenvalue weighted by Gasteiger charge is -2.23. The SMILES string of the molecule is CCN(C(=O)c1cccn(Cc2cccc(F)c2)c1=O)c1ccccc1C. The highest BCUT2D eigenvalue weighted by Gasteiger charge is 2.21. The van der Waals surface area contributed by atoms with Crippen LogP contribution in [-0.4, -0.2) is 17.0 Å². The Morgan fingerprint density at radius 3 is 2.56 bits per heavy atom. The third-order valence-corrected chi connectivity index (χ3v) is 4.46. The van der Waals surface area contributed by atoms with Crippen LogP contribution in [0.3, 0.4) is 0 Å². The fourth-order valence-corrected chi connectivity index (χ4v) is 3.09. The fraction of sp³-hybridized carbons (Fsp3) is 0.182. The average molecular weight is 364 g/mol. The van der Waals surface area contributed by atoms with E-state index in [0.29, 0.717) is 12.1 Å². The zero-order valence-electron chi connectivity index (χ0n) is 15.4. The number of halogens is 1. The minimum atomic E-state index is -0.390. The second-order valence-corrected chi connectivity index (χ2v) is 6.32. The zero-order chi connectivity index (χ0) is 19.4. The molecule has 27 heavy (non-hydrogen) atoms. The number of aromatic nitrogens is 1. The molecule has 0 N–H and O–H groups in total. The number of hydrogen-bond acceptors (Lipinski definition) is 2. The van der Waals surface area contributed by atoms with Crippen molar-refractivity contribution in [1.29, 1.82) is 0 Å². The quantitative estimate of drug-likeness (QED) is 0.686. The second-order valence-electron chi connectivity index (χ2n) is 6.32. The van der Waals surface area contributed by atoms with Crippen LogP contribution in [0.1, 0.15) is 28.4 Å². The first-order valence-electron chi connectivity index (χ1n) is 8.82. The monoisotopic (exact) mass is 364 g/mol. The number of amides is 1. The van der Waals surface area contributed by atoms with Crippen molar-refractivity contribution in [2.45, 2.75) is 20.4 Å². The lowest BCUT2D eigenvalue weighted by Crippen LogP contribution is -2.37. The lowest BCUT2D eigenvalue weighted by atomic mass is 10.1. The van der Waals surface area contributed by atoms with Gasteiger partial charge in [0.25, 0.3) is 11.5 Å². The normalized spacial score (nSPS) is 10.6. The number of nitrogens with zero attached hydrogens (tertiary/aromatic N) is 2. The van der Waals surface area contributed by atoms with Crippen LogP contribution in [0.5, 0.6) is 0 Å². The summed E-state index contributed by atoms with van der Waals surface area (Å²) in [5.41, 5.74) is 2.11. The molecule has 0 spiro atoms. The van der Waals surface area contributed by atoms with Crippen molar-refractivity contribution < 1.29 is 9.18 Å². The molecular formula is C22H21FN2O2. The molecule has 5 heteroatoms. The van der Waals surface area contributed by atoms with Gasteiger partial charge in [-0.05, 0) is 55.3 Å². The van der Waals surface area contributed by atoms with Crippen LogP contribution in [0.4, 0.5) is 10.1 Å². The maximum Gasteiger partial charge on any atom is 0.263 e. The number of carbonyl (C=O) groups excluding carboxylic acids is 1. The first kappa shape index (κ1) is 18.6. The maximum atomic E-state index is 13.4. The molecule has 138 valence electrons. The Morgan fingerprint density at radius 2 is 1.85 bits per heavy atom. The average Bonchev–Trinajstić information content (AvgIpc) is 2.65. The number of para-hydroxylation sites is 1. The van der Waals surface area contributed by atoms with Crippen molar-refractivity contribution >= 4 is 11.6 Å². The van der Waals surface area contributed by atoms with Crippen molar-refractivity contribution in [2.75, 3.05) is 11.4 Å². The molecule has 1 aromatic heterocycles. The summed E-state index contributed by atoms with van der Waals surface area (Å²) in [4.78, 5) is 27.5. The summed E-state index contributed by atoms with van der Waals surface area (Å²) in [6, 6.07) is 16.9. The number of rotatable bonds is 5. The summed E-state index contributed by atoms with van der Waals surface area (Å²) in [5.74, 6) is -0.699. The molecule has 0 radical (unpaired) electrons. The van der Waals surface area contributed by atoms with Gasteiger partial charge in [-0.3, -0.25) is 9.59 Å². The molecule has 0 atom stereocenters. The summed E-state index contributed by atoms with van der Waals surface area (Å²) >= 11 is 0. The first-order valence-corrected chi connectivity index (χ1v) is 8.82. The molecule has 2 aromatic carbocycles. The van der Waals surface area contributed by atoms with Gasteiger partial charge in [0.15, 0.2) is 0 Å². The Morgan fingerprint density at radius 1 is 1.07 bits per heavy atom. The molecule has 0 saturated heterocycles. The Balaban J connectivity index is 1.96. The van der Waals surface area contributed by atoms with Crippen LogP contribution in [0, 0.1) is 12.7 Å². The van der Waals surface area contributed by atoms with Crippen molar-refractivity contribution in [2.24, 2.45) is 0 Å². The number of anilines is 1. The molecular weight excluding hydrogens is 343 g/mol. The van der Waals surface area contributed by atoms with Crippen molar-refractivity contribution in [1.82, 2.24) is 4.57 Å². The van der Waals surface area contributed by atoms with E-state index < -0.39 is 5.56 Å². The van der Waals surface area contributed by atoms with Gasteiger partial charge in [0.05, 0.1) is 6.54 Å². The smallest absolute Gasteiger partial charge is 0.263 e. The summed E-state index contributed by atoms with van der Waals surface area (Å²) < 4.78 is 14.8. The molecule has 0 saturated carbocycles. The number of benzene rings is 2. The second kappa shape index (κ2) is 7.99. The highest BCUT2D eigenvalue weighted by Crippen LogP contribution is 2.20. The zero-order valence-corrected chi connectivity index (χ0v) is 15.4. The van der Waals surface area contributed by atoms with Gasteiger partial charge in [0.1, 0.15) is 11.4 Å². The molecule has 0 unspecified atom stereocenters. The van der Waals surface area contributed by atoms with Crippen LogP contribution in [0.25, 0.3) is 0 Å². The van der Waals surface area contributed by atoms with Gasteiger partial charge in [-0.2, -0.15) is 0 Å². The van der Waals surface area contributed by atoms with Gasteiger partial charge in [-0.25, -0.2) is 4.39 Å². The third-order valence-electron chi connectivity index (χ3n) is 4.46. The Labute approximate surface area is 157 Å². The predicted octanol–water partition coefficient (Wildman–Crippen LogP) is 4.01. The van der Waals surface area contributed by atoms with Gasteiger partial charge in [-0.15, -0.1) is 0 Å². The van der Waals surface area contributed by atoms with Crippen molar-refractivity contribution in [3.63, 3.8) is 0 Å². The molecule has 3 aromatic rings. The van der Waals surface area contributed by atoms with Crippen LogP contribution < -0.4 is 10.5 Å². The maximum absolute atomic E-state index is 13.4. The largest absolute Gasteiger partial charge is 0.310 e. The topological polar surface area (TPSA) is 42.3 Å². The summed E-state index contributed by atoms with van der Waals surface area (Å²) in [6.45, 7) is 4.45. The van der Waals surface area contributed by atoms with Gasteiger partial charge < -0.3 is 9.47 Å². The summed E-state index contributed by atoms with van der Waals surface area (Å²) in [6.07, 6.45) is 1.61. The van der Waals surface area contributed by atoms with Crippen LogP contribution >= 0.6 is 0 Å². The molecule has 0 fully saturated rings. The van der Waals surface area contributed by atoms with E-state index in [1.807, 2.05) is 38.1 Å². The number of carbonyl (C=O) groups is 1. The highest BCUT2D eigenvalue weighted by atomic mass is 19.1. The van der Waals surface area contributed by atoms with E-state index in [2.05, 4.69) is 0 Å². The van der Waals surface area contributed by atoms with E-state index in [1.54, 1.807) is 29.3 Å². The summed E-state index contributed by atoms with van der Waals surface area (Å²) in [7, 11) is 0. The molecule has 0 aliphatic rings.